The Morgan fingerprint density at radius 3 is 2.79 bits per heavy atom. The number of halogens is 1. The number of ether oxygens (including phenoxy) is 2. The van der Waals surface area contributed by atoms with Crippen molar-refractivity contribution >= 4 is 5.69 Å². The number of rotatable bonds is 6. The fourth-order valence-corrected chi connectivity index (χ4v) is 2.50. The van der Waals surface area contributed by atoms with Crippen LogP contribution in [-0.2, 0) is 4.74 Å². The zero-order valence-electron chi connectivity index (χ0n) is 11.4. The molecule has 0 unspecified atom stereocenters. The van der Waals surface area contributed by atoms with Gasteiger partial charge in [0.1, 0.15) is 11.6 Å². The predicted molar refractivity (Wildman–Crippen MR) is 73.0 cm³/mol. The summed E-state index contributed by atoms with van der Waals surface area (Å²) in [5, 5.41) is 3.21. The van der Waals surface area contributed by atoms with E-state index in [-0.39, 0.29) is 17.5 Å². The van der Waals surface area contributed by atoms with Crippen LogP contribution >= 0.6 is 0 Å². The highest BCUT2D eigenvalue weighted by molar-refractivity contribution is 5.52. The lowest BCUT2D eigenvalue weighted by molar-refractivity contribution is -0.0272. The maximum atomic E-state index is 13.8. The van der Waals surface area contributed by atoms with Gasteiger partial charge < -0.3 is 20.5 Å². The lowest BCUT2D eigenvalue weighted by Gasteiger charge is -2.47. The molecule has 0 bridgehead atoms. The van der Waals surface area contributed by atoms with Crippen molar-refractivity contribution in [3.05, 3.63) is 24.0 Å². The Balaban J connectivity index is 2.07. The minimum absolute atomic E-state index is 0.217. The summed E-state index contributed by atoms with van der Waals surface area (Å²) in [6, 6.07) is 4.64. The molecule has 3 N–H and O–H groups in total. The molecular formula is C14H21FN2O2. The van der Waals surface area contributed by atoms with E-state index in [1.807, 2.05) is 6.92 Å². The standard InChI is InChI=1S/C14H21FN2O2/c1-3-19-11-7-14(8-11,9-16)17-13-6-10(18-2)4-5-12(13)15/h4-6,11,17H,3,7-9,16H2,1-2H3. The summed E-state index contributed by atoms with van der Waals surface area (Å²) in [6.45, 7) is 3.11. The van der Waals surface area contributed by atoms with E-state index in [0.29, 0.717) is 24.6 Å². The van der Waals surface area contributed by atoms with E-state index in [0.717, 1.165) is 12.8 Å². The summed E-state index contributed by atoms with van der Waals surface area (Å²) in [5.74, 6) is 0.324. The average Bonchev–Trinajstić information content (AvgIpc) is 2.38. The maximum Gasteiger partial charge on any atom is 0.146 e. The van der Waals surface area contributed by atoms with Gasteiger partial charge in [-0.3, -0.25) is 0 Å². The summed E-state index contributed by atoms with van der Waals surface area (Å²) in [4.78, 5) is 0. The fraction of sp³-hybridized carbons (Fsp3) is 0.571. The molecule has 0 radical (unpaired) electrons. The van der Waals surface area contributed by atoms with Gasteiger partial charge in [-0.15, -0.1) is 0 Å². The van der Waals surface area contributed by atoms with Gasteiger partial charge in [-0.25, -0.2) is 4.39 Å². The molecule has 1 aliphatic rings. The van der Waals surface area contributed by atoms with Crippen molar-refractivity contribution in [2.24, 2.45) is 5.73 Å². The van der Waals surface area contributed by atoms with Gasteiger partial charge >= 0.3 is 0 Å². The molecule has 4 nitrogen and oxygen atoms in total. The van der Waals surface area contributed by atoms with Crippen molar-refractivity contribution in [3.8, 4) is 5.75 Å². The van der Waals surface area contributed by atoms with Gasteiger partial charge in [0, 0.05) is 19.2 Å². The van der Waals surface area contributed by atoms with Crippen molar-refractivity contribution in [1.82, 2.24) is 0 Å². The zero-order valence-corrected chi connectivity index (χ0v) is 11.4. The Hall–Kier alpha value is -1.33. The van der Waals surface area contributed by atoms with Gasteiger partial charge in [0.05, 0.1) is 24.4 Å². The SMILES string of the molecule is CCOC1CC(CN)(Nc2cc(OC)ccc2F)C1. The molecule has 1 saturated carbocycles. The van der Waals surface area contributed by atoms with E-state index in [9.17, 15) is 4.39 Å². The van der Waals surface area contributed by atoms with E-state index in [1.54, 1.807) is 19.2 Å². The number of nitrogens with one attached hydrogen (secondary N) is 1. The molecule has 0 aromatic heterocycles. The third kappa shape index (κ3) is 2.98. The second kappa shape index (κ2) is 5.75. The van der Waals surface area contributed by atoms with E-state index in [4.69, 9.17) is 15.2 Å². The fourth-order valence-electron chi connectivity index (χ4n) is 2.50. The van der Waals surface area contributed by atoms with Crippen molar-refractivity contribution in [2.75, 3.05) is 25.6 Å². The number of hydrogen-bond donors (Lipinski definition) is 2. The number of nitrogens with two attached hydrogens (primary N) is 1. The first kappa shape index (κ1) is 14.1. The molecule has 0 aliphatic heterocycles. The minimum Gasteiger partial charge on any atom is -0.497 e. The monoisotopic (exact) mass is 268 g/mol. The van der Waals surface area contributed by atoms with Crippen LogP contribution in [0.15, 0.2) is 18.2 Å². The molecule has 0 atom stereocenters. The maximum absolute atomic E-state index is 13.8. The van der Waals surface area contributed by atoms with E-state index >= 15 is 0 Å². The van der Waals surface area contributed by atoms with Crippen molar-refractivity contribution in [1.29, 1.82) is 0 Å². The Morgan fingerprint density at radius 1 is 1.47 bits per heavy atom. The van der Waals surface area contributed by atoms with Crippen LogP contribution in [0, 0.1) is 5.82 Å². The van der Waals surface area contributed by atoms with Gasteiger partial charge in [0.25, 0.3) is 0 Å². The second-order valence-electron chi connectivity index (χ2n) is 4.94. The summed E-state index contributed by atoms with van der Waals surface area (Å²) in [5.41, 5.74) is 5.98. The highest BCUT2D eigenvalue weighted by Crippen LogP contribution is 2.38. The summed E-state index contributed by atoms with van der Waals surface area (Å²) < 4.78 is 24.4. The average molecular weight is 268 g/mol. The van der Waals surface area contributed by atoms with E-state index in [1.165, 1.54) is 6.07 Å². The lowest BCUT2D eigenvalue weighted by Crippen LogP contribution is -2.58. The molecule has 1 aromatic rings. The van der Waals surface area contributed by atoms with Gasteiger partial charge in [-0.1, -0.05) is 0 Å². The molecule has 1 aromatic carbocycles. The molecule has 0 amide bonds. The summed E-state index contributed by atoms with van der Waals surface area (Å²) in [6.07, 6.45) is 1.82. The van der Waals surface area contributed by atoms with Gasteiger partial charge in [-0.2, -0.15) is 0 Å². The molecule has 19 heavy (non-hydrogen) atoms. The van der Waals surface area contributed by atoms with Gasteiger partial charge in [0.2, 0.25) is 0 Å². The first-order chi connectivity index (χ1) is 9.12. The number of benzene rings is 1. The van der Waals surface area contributed by atoms with Crippen LogP contribution in [0.5, 0.6) is 5.75 Å². The topological polar surface area (TPSA) is 56.5 Å². The van der Waals surface area contributed by atoms with Crippen LogP contribution in [0.4, 0.5) is 10.1 Å². The van der Waals surface area contributed by atoms with Crippen LogP contribution in [0.2, 0.25) is 0 Å². The Labute approximate surface area is 113 Å². The van der Waals surface area contributed by atoms with Crippen LogP contribution in [-0.4, -0.2) is 31.9 Å². The van der Waals surface area contributed by atoms with Crippen LogP contribution < -0.4 is 15.8 Å². The molecule has 0 heterocycles. The summed E-state index contributed by atoms with van der Waals surface area (Å²) in [7, 11) is 1.56. The molecule has 0 spiro atoms. The Morgan fingerprint density at radius 2 is 2.21 bits per heavy atom. The van der Waals surface area contributed by atoms with E-state index < -0.39 is 0 Å². The van der Waals surface area contributed by atoms with Crippen molar-refractivity contribution in [3.63, 3.8) is 0 Å². The molecule has 2 rings (SSSR count). The summed E-state index contributed by atoms with van der Waals surface area (Å²) >= 11 is 0. The number of methoxy groups -OCH3 is 1. The smallest absolute Gasteiger partial charge is 0.146 e. The van der Waals surface area contributed by atoms with Crippen LogP contribution in [0.25, 0.3) is 0 Å². The predicted octanol–water partition coefficient (Wildman–Crippen LogP) is 2.14. The van der Waals surface area contributed by atoms with Gasteiger partial charge in [-0.05, 0) is 31.9 Å². The molecule has 1 fully saturated rings. The Bertz CT molecular complexity index is 433. The van der Waals surface area contributed by atoms with E-state index in [2.05, 4.69) is 5.32 Å². The molecule has 1 aliphatic carbocycles. The quantitative estimate of drug-likeness (QED) is 0.830. The third-order valence-electron chi connectivity index (χ3n) is 3.60. The molecule has 5 heteroatoms. The highest BCUT2D eigenvalue weighted by atomic mass is 19.1. The number of hydrogen-bond acceptors (Lipinski definition) is 4. The van der Waals surface area contributed by atoms with Crippen LogP contribution in [0.1, 0.15) is 19.8 Å². The first-order valence-electron chi connectivity index (χ1n) is 6.56. The highest BCUT2D eigenvalue weighted by Gasteiger charge is 2.44. The third-order valence-corrected chi connectivity index (χ3v) is 3.60. The van der Waals surface area contributed by atoms with Crippen LogP contribution in [0.3, 0.4) is 0 Å². The van der Waals surface area contributed by atoms with Crippen molar-refractivity contribution < 1.29 is 13.9 Å². The molecule has 106 valence electrons. The second-order valence-corrected chi connectivity index (χ2v) is 4.94. The minimum atomic E-state index is -0.298. The normalized spacial score (nSPS) is 25.8. The number of anilines is 1. The molecule has 0 saturated heterocycles. The van der Waals surface area contributed by atoms with Gasteiger partial charge in [0.15, 0.2) is 0 Å². The largest absolute Gasteiger partial charge is 0.497 e. The molecular weight excluding hydrogens is 247 g/mol. The Kier molecular flexibility index (Phi) is 4.27. The zero-order chi connectivity index (χ0) is 13.9. The van der Waals surface area contributed by atoms with Crippen molar-refractivity contribution in [2.45, 2.75) is 31.4 Å². The lowest BCUT2D eigenvalue weighted by atomic mass is 9.74. The first-order valence-corrected chi connectivity index (χ1v) is 6.56.